The molecule has 0 bridgehead atoms. The first-order valence-corrected chi connectivity index (χ1v) is 6.43. The van der Waals surface area contributed by atoms with Crippen molar-refractivity contribution >= 4 is 11.9 Å². The van der Waals surface area contributed by atoms with Gasteiger partial charge >= 0.3 is 5.97 Å². The summed E-state index contributed by atoms with van der Waals surface area (Å²) < 4.78 is 5.26. The van der Waals surface area contributed by atoms with Gasteiger partial charge in [0.25, 0.3) is 0 Å². The lowest BCUT2D eigenvalue weighted by Crippen LogP contribution is -2.45. The minimum Gasteiger partial charge on any atom is -0.496 e. The van der Waals surface area contributed by atoms with Crippen LogP contribution >= 0.6 is 0 Å². The number of methoxy groups -OCH3 is 1. The van der Waals surface area contributed by atoms with Crippen molar-refractivity contribution in [2.24, 2.45) is 5.41 Å². The summed E-state index contributed by atoms with van der Waals surface area (Å²) in [4.78, 5) is 23.0. The maximum absolute atomic E-state index is 12.2. The summed E-state index contributed by atoms with van der Waals surface area (Å²) in [5.74, 6) is -0.621. The maximum atomic E-state index is 12.2. The average Bonchev–Trinajstić information content (AvgIpc) is 2.38. The summed E-state index contributed by atoms with van der Waals surface area (Å²) in [5.41, 5.74) is 0.191. The van der Waals surface area contributed by atoms with Gasteiger partial charge in [0.15, 0.2) is 0 Å². The maximum Gasteiger partial charge on any atom is 0.325 e. The Labute approximate surface area is 118 Å². The summed E-state index contributed by atoms with van der Waals surface area (Å²) in [6.07, 6.45) is 0.467. The predicted molar refractivity (Wildman–Crippen MR) is 75.7 cm³/mol. The summed E-state index contributed by atoms with van der Waals surface area (Å²) in [7, 11) is 1.58. The molecule has 0 spiro atoms. The van der Waals surface area contributed by atoms with Crippen LogP contribution in [0.4, 0.5) is 0 Å². The van der Waals surface area contributed by atoms with Crippen molar-refractivity contribution < 1.29 is 19.4 Å². The zero-order valence-electron chi connectivity index (χ0n) is 12.3. The predicted octanol–water partition coefficient (Wildman–Crippen LogP) is 1.85. The SMILES string of the molecule is COc1ccccc1CC(C)(C)C(=O)N[C@@H](C)C(=O)O. The third kappa shape index (κ3) is 3.98. The number of hydrogen-bond donors (Lipinski definition) is 2. The van der Waals surface area contributed by atoms with E-state index in [0.717, 1.165) is 11.3 Å². The van der Waals surface area contributed by atoms with E-state index in [1.165, 1.54) is 6.92 Å². The largest absolute Gasteiger partial charge is 0.496 e. The van der Waals surface area contributed by atoms with Crippen molar-refractivity contribution in [1.29, 1.82) is 0 Å². The molecule has 0 aliphatic carbocycles. The molecule has 1 rings (SSSR count). The van der Waals surface area contributed by atoms with Crippen LogP contribution in [-0.4, -0.2) is 30.1 Å². The van der Waals surface area contributed by atoms with Crippen molar-refractivity contribution in [1.82, 2.24) is 5.32 Å². The molecule has 0 aliphatic rings. The summed E-state index contributed by atoms with van der Waals surface area (Å²) >= 11 is 0. The molecule has 0 unspecified atom stereocenters. The second-order valence-electron chi connectivity index (χ2n) is 5.41. The first-order valence-electron chi connectivity index (χ1n) is 6.43. The van der Waals surface area contributed by atoms with Gasteiger partial charge in [-0.15, -0.1) is 0 Å². The van der Waals surface area contributed by atoms with E-state index in [1.807, 2.05) is 24.3 Å². The number of carbonyl (C=O) groups excluding carboxylic acids is 1. The molecule has 2 N–H and O–H groups in total. The van der Waals surface area contributed by atoms with Gasteiger partial charge in [0.05, 0.1) is 7.11 Å². The lowest BCUT2D eigenvalue weighted by atomic mass is 9.84. The molecule has 1 aromatic rings. The topological polar surface area (TPSA) is 75.6 Å². The molecule has 0 saturated carbocycles. The molecule has 0 aromatic heterocycles. The molecule has 0 aliphatic heterocycles. The van der Waals surface area contributed by atoms with Gasteiger partial charge in [0, 0.05) is 5.41 Å². The van der Waals surface area contributed by atoms with Crippen molar-refractivity contribution in [2.45, 2.75) is 33.2 Å². The summed E-state index contributed by atoms with van der Waals surface area (Å²) in [6, 6.07) is 6.57. The van der Waals surface area contributed by atoms with Crippen LogP contribution in [0.5, 0.6) is 5.75 Å². The molecule has 1 amide bonds. The van der Waals surface area contributed by atoms with Crippen LogP contribution in [0.2, 0.25) is 0 Å². The van der Waals surface area contributed by atoms with E-state index < -0.39 is 17.4 Å². The highest BCUT2D eigenvalue weighted by atomic mass is 16.5. The molecule has 0 saturated heterocycles. The van der Waals surface area contributed by atoms with Crippen LogP contribution in [0.1, 0.15) is 26.3 Å². The van der Waals surface area contributed by atoms with Gasteiger partial charge in [-0.3, -0.25) is 9.59 Å². The molecule has 0 heterocycles. The number of carboxylic acids is 1. The van der Waals surface area contributed by atoms with Crippen molar-refractivity contribution in [3.05, 3.63) is 29.8 Å². The van der Waals surface area contributed by atoms with Crippen molar-refractivity contribution in [2.75, 3.05) is 7.11 Å². The van der Waals surface area contributed by atoms with E-state index >= 15 is 0 Å². The van der Waals surface area contributed by atoms with Crippen LogP contribution in [0.15, 0.2) is 24.3 Å². The number of hydrogen-bond acceptors (Lipinski definition) is 3. The molecule has 0 radical (unpaired) electrons. The van der Waals surface area contributed by atoms with Crippen LogP contribution < -0.4 is 10.1 Å². The Hall–Kier alpha value is -2.04. The monoisotopic (exact) mass is 279 g/mol. The fourth-order valence-electron chi connectivity index (χ4n) is 1.86. The van der Waals surface area contributed by atoms with E-state index in [9.17, 15) is 9.59 Å². The number of carbonyl (C=O) groups is 2. The van der Waals surface area contributed by atoms with Gasteiger partial charge in [-0.05, 0) is 25.0 Å². The number of aliphatic carboxylic acids is 1. The fourth-order valence-corrected chi connectivity index (χ4v) is 1.86. The number of para-hydroxylation sites is 1. The molecule has 20 heavy (non-hydrogen) atoms. The van der Waals surface area contributed by atoms with Gasteiger partial charge < -0.3 is 15.2 Å². The molecule has 0 fully saturated rings. The molecule has 110 valence electrons. The van der Waals surface area contributed by atoms with Crippen LogP contribution in [0.3, 0.4) is 0 Å². The Morgan fingerprint density at radius 3 is 2.50 bits per heavy atom. The van der Waals surface area contributed by atoms with E-state index in [4.69, 9.17) is 9.84 Å². The average molecular weight is 279 g/mol. The standard InChI is InChI=1S/C15H21NO4/c1-10(13(17)18)16-14(19)15(2,3)9-11-7-5-6-8-12(11)20-4/h5-8,10H,9H2,1-4H3,(H,16,19)(H,17,18)/t10-/m0/s1. The first kappa shape index (κ1) is 16.0. The molecular weight excluding hydrogens is 258 g/mol. The highest BCUT2D eigenvalue weighted by molar-refractivity contribution is 5.87. The van der Waals surface area contributed by atoms with Gasteiger partial charge in [-0.2, -0.15) is 0 Å². The number of carboxylic acid groups (broad SMARTS) is 1. The van der Waals surface area contributed by atoms with Crippen molar-refractivity contribution in [3.8, 4) is 5.75 Å². The number of amides is 1. The number of nitrogens with one attached hydrogen (secondary N) is 1. The fraction of sp³-hybridized carbons (Fsp3) is 0.467. The van der Waals surface area contributed by atoms with Gasteiger partial charge in [-0.25, -0.2) is 0 Å². The molecule has 1 aromatic carbocycles. The Bertz CT molecular complexity index is 496. The zero-order valence-corrected chi connectivity index (χ0v) is 12.3. The molecule has 5 nitrogen and oxygen atoms in total. The van der Waals surface area contributed by atoms with Crippen molar-refractivity contribution in [3.63, 3.8) is 0 Å². The van der Waals surface area contributed by atoms with Crippen LogP contribution in [0, 0.1) is 5.41 Å². The second-order valence-corrected chi connectivity index (χ2v) is 5.41. The van der Waals surface area contributed by atoms with Gasteiger partial charge in [0.1, 0.15) is 11.8 Å². The Morgan fingerprint density at radius 1 is 1.35 bits per heavy atom. The minimum atomic E-state index is -1.05. The number of benzene rings is 1. The Balaban J connectivity index is 2.83. The van der Waals surface area contributed by atoms with E-state index in [1.54, 1.807) is 21.0 Å². The van der Waals surface area contributed by atoms with Gasteiger partial charge in [0.2, 0.25) is 5.91 Å². The highest BCUT2D eigenvalue weighted by Crippen LogP contribution is 2.28. The molecule has 5 heteroatoms. The smallest absolute Gasteiger partial charge is 0.325 e. The van der Waals surface area contributed by atoms with Crippen LogP contribution in [-0.2, 0) is 16.0 Å². The normalized spacial score (nSPS) is 12.6. The highest BCUT2D eigenvalue weighted by Gasteiger charge is 2.31. The zero-order chi connectivity index (χ0) is 15.3. The second kappa shape index (κ2) is 6.41. The molecule has 1 atom stereocenters. The number of rotatable bonds is 6. The minimum absolute atomic E-state index is 0.293. The van der Waals surface area contributed by atoms with E-state index in [2.05, 4.69) is 5.32 Å². The van der Waals surface area contributed by atoms with E-state index in [0.29, 0.717) is 6.42 Å². The first-order chi connectivity index (χ1) is 9.27. The van der Waals surface area contributed by atoms with Crippen LogP contribution in [0.25, 0.3) is 0 Å². The number of ether oxygens (including phenoxy) is 1. The Morgan fingerprint density at radius 2 is 1.95 bits per heavy atom. The summed E-state index contributed by atoms with van der Waals surface area (Å²) in [5, 5.41) is 11.3. The quantitative estimate of drug-likeness (QED) is 0.833. The third-order valence-corrected chi connectivity index (χ3v) is 3.16. The molecular formula is C15H21NO4. The third-order valence-electron chi connectivity index (χ3n) is 3.16. The van der Waals surface area contributed by atoms with E-state index in [-0.39, 0.29) is 5.91 Å². The summed E-state index contributed by atoms with van der Waals surface area (Å²) in [6.45, 7) is 5.01. The van der Waals surface area contributed by atoms with Gasteiger partial charge in [-0.1, -0.05) is 32.0 Å². The lowest BCUT2D eigenvalue weighted by Gasteiger charge is -2.25. The lowest BCUT2D eigenvalue weighted by molar-refractivity contribution is -0.142. The Kier molecular flexibility index (Phi) is 5.13.